The van der Waals surface area contributed by atoms with Crippen LogP contribution in [-0.4, -0.2) is 17.9 Å². The Morgan fingerprint density at radius 3 is 2.22 bits per heavy atom. The molecule has 4 fully saturated rings. The maximum atomic E-state index is 5.37. The molecular weight excluding hydrogens is 306 g/mol. The molecule has 0 aromatic heterocycles. The fourth-order valence-corrected chi connectivity index (χ4v) is 4.96. The minimum absolute atomic E-state index is 0.552. The molecule has 0 radical (unpaired) electrons. The van der Waals surface area contributed by atoms with Crippen LogP contribution in [0.15, 0.2) is 29.4 Å². The van der Waals surface area contributed by atoms with Gasteiger partial charge >= 0.3 is 0 Å². The summed E-state index contributed by atoms with van der Waals surface area (Å²) in [6.07, 6.45) is 6.82. The molecule has 0 aliphatic heterocycles. The van der Waals surface area contributed by atoms with Crippen LogP contribution < -0.4 is 15.5 Å². The smallest absolute Gasteiger partial charge is 0.191 e. The van der Waals surface area contributed by atoms with Crippen molar-refractivity contribution in [2.45, 2.75) is 32.1 Å². The van der Waals surface area contributed by atoms with Crippen molar-refractivity contribution in [2.24, 2.45) is 28.8 Å². The number of nitrogens with zero attached hydrogens (tertiary/aromatic N) is 1. The van der Waals surface area contributed by atoms with Crippen molar-refractivity contribution < 1.29 is 4.74 Å². The van der Waals surface area contributed by atoms with Crippen LogP contribution in [0.1, 0.15) is 32.1 Å². The molecule has 1 aromatic carbocycles. The number of benzene rings is 1. The summed E-state index contributed by atoms with van der Waals surface area (Å²) in [5.74, 6) is 4.15. The van der Waals surface area contributed by atoms with E-state index in [0.717, 1.165) is 23.3 Å². The van der Waals surface area contributed by atoms with E-state index in [-0.39, 0.29) is 0 Å². The van der Waals surface area contributed by atoms with Crippen molar-refractivity contribution >= 4 is 28.7 Å². The Labute approximate surface area is 142 Å². The van der Waals surface area contributed by atoms with Crippen molar-refractivity contribution in [2.75, 3.05) is 12.4 Å². The highest BCUT2D eigenvalue weighted by Crippen LogP contribution is 2.52. The number of hydrazone groups is 1. The van der Waals surface area contributed by atoms with Crippen molar-refractivity contribution in [1.29, 1.82) is 0 Å². The van der Waals surface area contributed by atoms with E-state index in [4.69, 9.17) is 22.1 Å². The number of ether oxygens (including phenoxy) is 1. The topological polar surface area (TPSA) is 45.6 Å². The zero-order valence-corrected chi connectivity index (χ0v) is 14.2. The van der Waals surface area contributed by atoms with Crippen LogP contribution in [0.25, 0.3) is 0 Å². The van der Waals surface area contributed by atoms with Gasteiger partial charge in [-0.15, -0.1) is 0 Å². The van der Waals surface area contributed by atoms with Gasteiger partial charge in [-0.2, -0.15) is 5.10 Å². The van der Waals surface area contributed by atoms with Crippen LogP contribution in [0.2, 0.25) is 0 Å². The summed E-state index contributed by atoms with van der Waals surface area (Å²) >= 11 is 5.37. The molecule has 23 heavy (non-hydrogen) atoms. The number of nitrogens with one attached hydrogen (secondary N) is 2. The first-order valence-electron chi connectivity index (χ1n) is 8.49. The highest BCUT2D eigenvalue weighted by Gasteiger charge is 2.46. The van der Waals surface area contributed by atoms with E-state index in [2.05, 4.69) is 10.7 Å². The normalized spacial score (nSPS) is 30.9. The van der Waals surface area contributed by atoms with Crippen LogP contribution in [0.4, 0.5) is 5.69 Å². The maximum absolute atomic E-state index is 5.37. The van der Waals surface area contributed by atoms with Gasteiger partial charge in [-0.25, -0.2) is 0 Å². The first-order chi connectivity index (χ1) is 11.2. The van der Waals surface area contributed by atoms with E-state index in [0.29, 0.717) is 16.9 Å². The average molecular weight is 329 g/mol. The molecule has 5 rings (SSSR count). The zero-order valence-electron chi connectivity index (χ0n) is 13.4. The molecule has 4 aliphatic carbocycles. The third-order valence-electron chi connectivity index (χ3n) is 5.61. The predicted octanol–water partition coefficient (Wildman–Crippen LogP) is 3.79. The summed E-state index contributed by atoms with van der Waals surface area (Å²) in [7, 11) is 1.66. The van der Waals surface area contributed by atoms with Crippen LogP contribution in [0.3, 0.4) is 0 Å². The molecule has 0 atom stereocenters. The molecular formula is C18H23N3OS. The zero-order chi connectivity index (χ0) is 15.8. The average Bonchev–Trinajstić information content (AvgIpc) is 2.54. The number of hydrogen-bond acceptors (Lipinski definition) is 3. The highest BCUT2D eigenvalue weighted by molar-refractivity contribution is 7.80. The van der Waals surface area contributed by atoms with E-state index in [9.17, 15) is 0 Å². The maximum Gasteiger partial charge on any atom is 0.191 e. The molecule has 4 aliphatic rings. The molecule has 2 N–H and O–H groups in total. The van der Waals surface area contributed by atoms with E-state index in [1.54, 1.807) is 7.11 Å². The molecule has 0 amide bonds. The lowest BCUT2D eigenvalue weighted by Gasteiger charge is -2.50. The van der Waals surface area contributed by atoms with Crippen LogP contribution >= 0.6 is 12.2 Å². The van der Waals surface area contributed by atoms with E-state index >= 15 is 0 Å². The quantitative estimate of drug-likeness (QED) is 0.654. The molecule has 4 bridgehead atoms. The number of hydrogen-bond donors (Lipinski definition) is 2. The molecule has 0 unspecified atom stereocenters. The minimum Gasteiger partial charge on any atom is -0.497 e. The van der Waals surface area contributed by atoms with Gasteiger partial charge in [0.25, 0.3) is 0 Å². The number of rotatable bonds is 3. The van der Waals surface area contributed by atoms with Gasteiger partial charge in [0, 0.05) is 11.4 Å². The lowest BCUT2D eigenvalue weighted by Crippen LogP contribution is -2.46. The van der Waals surface area contributed by atoms with Crippen molar-refractivity contribution in [3.8, 4) is 5.75 Å². The van der Waals surface area contributed by atoms with Crippen LogP contribution in [-0.2, 0) is 0 Å². The molecule has 0 saturated heterocycles. The first kappa shape index (κ1) is 14.9. The fraction of sp³-hybridized carbons (Fsp3) is 0.556. The Bertz CT molecular complexity index is 596. The fourth-order valence-electron chi connectivity index (χ4n) is 4.80. The van der Waals surface area contributed by atoms with Gasteiger partial charge < -0.3 is 10.1 Å². The van der Waals surface area contributed by atoms with Gasteiger partial charge in [-0.05, 0) is 92.3 Å². The monoisotopic (exact) mass is 329 g/mol. The predicted molar refractivity (Wildman–Crippen MR) is 96.8 cm³/mol. The molecule has 1 aromatic rings. The van der Waals surface area contributed by atoms with Gasteiger partial charge in [0.2, 0.25) is 0 Å². The lowest BCUT2D eigenvalue weighted by atomic mass is 9.55. The minimum atomic E-state index is 0.552. The summed E-state index contributed by atoms with van der Waals surface area (Å²) in [5.41, 5.74) is 5.37. The van der Waals surface area contributed by atoms with Gasteiger partial charge in [0.1, 0.15) is 5.75 Å². The van der Waals surface area contributed by atoms with Crippen LogP contribution in [0.5, 0.6) is 5.75 Å². The number of anilines is 1. The van der Waals surface area contributed by atoms with Gasteiger partial charge in [-0.3, -0.25) is 5.43 Å². The number of methoxy groups -OCH3 is 1. The summed E-state index contributed by atoms with van der Waals surface area (Å²) in [6, 6.07) is 7.72. The van der Waals surface area contributed by atoms with Crippen LogP contribution in [0, 0.1) is 23.7 Å². The first-order valence-corrected chi connectivity index (χ1v) is 8.90. The Morgan fingerprint density at radius 1 is 1.04 bits per heavy atom. The van der Waals surface area contributed by atoms with Crippen molar-refractivity contribution in [3.63, 3.8) is 0 Å². The Balaban J connectivity index is 1.37. The Kier molecular flexibility index (Phi) is 3.97. The Hall–Kier alpha value is -1.62. The van der Waals surface area contributed by atoms with Crippen molar-refractivity contribution in [1.82, 2.24) is 5.43 Å². The SMILES string of the molecule is COc1ccc(NC(=S)NN=C2C3CC4CC(C3)CC2C4)cc1. The standard InChI is InChI=1S/C18H23N3OS/c1-22-16-4-2-15(3-5-16)19-18(23)21-20-17-13-7-11-6-12(9-13)10-14(17)8-11/h2-5,11-14H,6-10H2,1H3,(H2,19,21,23). The summed E-state index contributed by atoms with van der Waals surface area (Å²) in [6.45, 7) is 0. The molecule has 4 saturated carbocycles. The molecule has 4 nitrogen and oxygen atoms in total. The second-order valence-electron chi connectivity index (χ2n) is 7.14. The van der Waals surface area contributed by atoms with E-state index in [1.807, 2.05) is 24.3 Å². The van der Waals surface area contributed by atoms with E-state index in [1.165, 1.54) is 37.8 Å². The Morgan fingerprint density at radius 2 is 1.65 bits per heavy atom. The largest absolute Gasteiger partial charge is 0.497 e. The molecule has 5 heteroatoms. The third kappa shape index (κ3) is 3.07. The van der Waals surface area contributed by atoms with Crippen molar-refractivity contribution in [3.05, 3.63) is 24.3 Å². The number of thiocarbonyl (C=S) groups is 1. The summed E-state index contributed by atoms with van der Waals surface area (Å²) in [5, 5.41) is 8.42. The second-order valence-corrected chi connectivity index (χ2v) is 7.54. The van der Waals surface area contributed by atoms with Gasteiger partial charge in [0.05, 0.1) is 7.11 Å². The third-order valence-corrected chi connectivity index (χ3v) is 5.80. The summed E-state index contributed by atoms with van der Waals surface area (Å²) < 4.78 is 5.16. The molecule has 0 heterocycles. The van der Waals surface area contributed by atoms with Gasteiger partial charge in [-0.1, -0.05) is 0 Å². The lowest BCUT2D eigenvalue weighted by molar-refractivity contribution is 0.108. The van der Waals surface area contributed by atoms with E-state index < -0.39 is 0 Å². The molecule has 0 spiro atoms. The highest BCUT2D eigenvalue weighted by atomic mass is 32.1. The second kappa shape index (κ2) is 6.11. The summed E-state index contributed by atoms with van der Waals surface area (Å²) in [4.78, 5) is 0. The molecule has 122 valence electrons. The van der Waals surface area contributed by atoms with Gasteiger partial charge in [0.15, 0.2) is 5.11 Å².